The number of rotatable bonds is 9. The van der Waals surface area contributed by atoms with Crippen molar-refractivity contribution in [2.24, 2.45) is 5.92 Å². The van der Waals surface area contributed by atoms with Crippen LogP contribution in [0.5, 0.6) is 0 Å². The standard InChI is InChI=1S/C29H37N3O/c1-21(2)31-19-23(4)22(3)10-12-27-18-24(11-13-28(27)30)20-32-16-14-26(15-17-32)29(33)25-8-6-5-7-9-25/h5-13,18,26,31H,1,14-17,19-20,30H2,2-4H3/b12-10+,23-22+. The second kappa shape index (κ2) is 11.7. The summed E-state index contributed by atoms with van der Waals surface area (Å²) >= 11 is 0. The number of nitrogens with two attached hydrogens (primary N) is 1. The minimum atomic E-state index is 0.130. The number of Topliss-reactive ketones (excluding diaryl/α,β-unsaturated/α-hetero) is 1. The molecule has 0 aliphatic carbocycles. The molecule has 0 atom stereocenters. The second-order valence-electron chi connectivity index (χ2n) is 9.17. The molecule has 1 fully saturated rings. The lowest BCUT2D eigenvalue weighted by atomic mass is 9.88. The van der Waals surface area contributed by atoms with E-state index in [1.54, 1.807) is 0 Å². The van der Waals surface area contributed by atoms with Crippen LogP contribution in [-0.4, -0.2) is 30.3 Å². The van der Waals surface area contributed by atoms with Gasteiger partial charge in [-0.25, -0.2) is 0 Å². The molecule has 3 N–H and O–H groups in total. The molecule has 0 spiro atoms. The maximum absolute atomic E-state index is 12.7. The maximum atomic E-state index is 12.7. The number of nitrogens with zero attached hydrogens (tertiary/aromatic N) is 1. The normalized spacial score (nSPS) is 16.0. The Morgan fingerprint density at radius 2 is 1.82 bits per heavy atom. The van der Waals surface area contributed by atoms with Crippen LogP contribution in [-0.2, 0) is 6.54 Å². The summed E-state index contributed by atoms with van der Waals surface area (Å²) in [4.78, 5) is 15.2. The zero-order chi connectivity index (χ0) is 23.8. The Labute approximate surface area is 198 Å². The number of likely N-dealkylation sites (tertiary alicyclic amines) is 1. The van der Waals surface area contributed by atoms with Gasteiger partial charge in [0.05, 0.1) is 0 Å². The molecular weight excluding hydrogens is 406 g/mol. The Hall–Kier alpha value is -3.11. The SMILES string of the molecule is C=C(C)NC/C(C)=C(C)/C=C/c1cc(CN2CCC(C(=O)c3ccccc3)CC2)ccc1N. The topological polar surface area (TPSA) is 58.4 Å². The van der Waals surface area contributed by atoms with Gasteiger partial charge in [-0.05, 0) is 70.0 Å². The fraction of sp³-hybridized carbons (Fsp3) is 0.345. The molecule has 4 heteroatoms. The molecule has 0 aromatic heterocycles. The number of hydrogen-bond acceptors (Lipinski definition) is 4. The summed E-state index contributed by atoms with van der Waals surface area (Å²) in [6.07, 6.45) is 6.06. The number of ketones is 1. The molecule has 4 nitrogen and oxygen atoms in total. The van der Waals surface area contributed by atoms with Crippen molar-refractivity contribution in [1.82, 2.24) is 10.2 Å². The summed E-state index contributed by atoms with van der Waals surface area (Å²) in [5, 5.41) is 3.27. The molecule has 1 aliphatic heterocycles. The van der Waals surface area contributed by atoms with Crippen molar-refractivity contribution in [3.63, 3.8) is 0 Å². The van der Waals surface area contributed by atoms with Crippen molar-refractivity contribution in [1.29, 1.82) is 0 Å². The van der Waals surface area contributed by atoms with E-state index in [0.29, 0.717) is 0 Å². The van der Waals surface area contributed by atoms with E-state index >= 15 is 0 Å². The van der Waals surface area contributed by atoms with Gasteiger partial charge in [-0.15, -0.1) is 0 Å². The van der Waals surface area contributed by atoms with Crippen LogP contribution in [0.25, 0.3) is 6.08 Å². The van der Waals surface area contributed by atoms with Crippen molar-refractivity contribution >= 4 is 17.5 Å². The Morgan fingerprint density at radius 3 is 2.48 bits per heavy atom. The first kappa shape index (κ1) is 24.5. The van der Waals surface area contributed by atoms with Crippen LogP contribution < -0.4 is 11.1 Å². The van der Waals surface area contributed by atoms with Crippen molar-refractivity contribution in [3.8, 4) is 0 Å². The largest absolute Gasteiger partial charge is 0.398 e. The number of hydrogen-bond donors (Lipinski definition) is 2. The lowest BCUT2D eigenvalue weighted by Crippen LogP contribution is -2.36. The number of anilines is 1. The zero-order valence-corrected chi connectivity index (χ0v) is 20.2. The highest BCUT2D eigenvalue weighted by molar-refractivity contribution is 5.97. The van der Waals surface area contributed by atoms with E-state index < -0.39 is 0 Å². The number of allylic oxidation sites excluding steroid dienone is 3. The van der Waals surface area contributed by atoms with Crippen LogP contribution in [0.2, 0.25) is 0 Å². The van der Waals surface area contributed by atoms with E-state index in [-0.39, 0.29) is 11.7 Å². The molecule has 2 aromatic carbocycles. The lowest BCUT2D eigenvalue weighted by molar-refractivity contribution is 0.0835. The van der Waals surface area contributed by atoms with Crippen LogP contribution in [0, 0.1) is 5.92 Å². The molecule has 0 bridgehead atoms. The first-order chi connectivity index (χ1) is 15.8. The quantitative estimate of drug-likeness (QED) is 0.291. The molecule has 0 radical (unpaired) electrons. The number of piperidine rings is 1. The van der Waals surface area contributed by atoms with Gasteiger partial charge in [0.15, 0.2) is 5.78 Å². The van der Waals surface area contributed by atoms with Crippen molar-refractivity contribution in [3.05, 3.63) is 94.7 Å². The maximum Gasteiger partial charge on any atom is 0.166 e. The highest BCUT2D eigenvalue weighted by Gasteiger charge is 2.25. The van der Waals surface area contributed by atoms with Gasteiger partial charge < -0.3 is 11.1 Å². The number of carbonyl (C=O) groups is 1. The molecule has 3 rings (SSSR count). The fourth-order valence-electron chi connectivity index (χ4n) is 4.10. The molecule has 1 aliphatic rings. The molecule has 1 heterocycles. The summed E-state index contributed by atoms with van der Waals surface area (Å²) in [6.45, 7) is 13.7. The van der Waals surface area contributed by atoms with E-state index in [9.17, 15) is 4.79 Å². The van der Waals surface area contributed by atoms with E-state index in [4.69, 9.17) is 5.73 Å². The average molecular weight is 444 g/mol. The Morgan fingerprint density at radius 1 is 1.12 bits per heavy atom. The molecule has 174 valence electrons. The van der Waals surface area contributed by atoms with Gasteiger partial charge in [-0.3, -0.25) is 9.69 Å². The van der Waals surface area contributed by atoms with Crippen molar-refractivity contribution < 1.29 is 4.79 Å². The number of carbonyl (C=O) groups excluding carboxylic acids is 1. The van der Waals surface area contributed by atoms with Gasteiger partial charge in [0.25, 0.3) is 0 Å². The monoisotopic (exact) mass is 443 g/mol. The van der Waals surface area contributed by atoms with Gasteiger partial charge >= 0.3 is 0 Å². The van der Waals surface area contributed by atoms with Crippen LogP contribution in [0.1, 0.15) is 55.1 Å². The summed E-state index contributed by atoms with van der Waals surface area (Å²) in [7, 11) is 0. The molecule has 0 amide bonds. The Balaban J connectivity index is 1.58. The van der Waals surface area contributed by atoms with Crippen LogP contribution >= 0.6 is 0 Å². The third-order valence-corrected chi connectivity index (χ3v) is 6.42. The molecular formula is C29H37N3O. The van der Waals surface area contributed by atoms with Gasteiger partial charge in [-0.2, -0.15) is 0 Å². The van der Waals surface area contributed by atoms with E-state index in [2.05, 4.69) is 54.9 Å². The number of nitrogen functional groups attached to an aromatic ring is 1. The second-order valence-corrected chi connectivity index (χ2v) is 9.17. The van der Waals surface area contributed by atoms with E-state index in [0.717, 1.165) is 61.5 Å². The number of benzene rings is 2. The molecule has 0 saturated carbocycles. The minimum Gasteiger partial charge on any atom is -0.398 e. The van der Waals surface area contributed by atoms with Gasteiger partial charge in [-0.1, -0.05) is 66.3 Å². The third-order valence-electron chi connectivity index (χ3n) is 6.42. The summed E-state index contributed by atoms with van der Waals surface area (Å²) in [5.41, 5.74) is 13.6. The first-order valence-electron chi connectivity index (χ1n) is 11.8. The van der Waals surface area contributed by atoms with Gasteiger partial charge in [0, 0.05) is 36.0 Å². The van der Waals surface area contributed by atoms with Crippen molar-refractivity contribution in [2.75, 3.05) is 25.4 Å². The van der Waals surface area contributed by atoms with Gasteiger partial charge in [0.2, 0.25) is 0 Å². The van der Waals surface area contributed by atoms with Crippen molar-refractivity contribution in [2.45, 2.75) is 40.2 Å². The molecule has 33 heavy (non-hydrogen) atoms. The van der Waals surface area contributed by atoms with Crippen LogP contribution in [0.15, 0.2) is 78.0 Å². The van der Waals surface area contributed by atoms with Gasteiger partial charge in [0.1, 0.15) is 0 Å². The highest BCUT2D eigenvalue weighted by Crippen LogP contribution is 2.24. The lowest BCUT2D eigenvalue weighted by Gasteiger charge is -2.31. The predicted molar refractivity (Wildman–Crippen MR) is 140 cm³/mol. The minimum absolute atomic E-state index is 0.130. The molecule has 0 unspecified atom stereocenters. The molecule has 1 saturated heterocycles. The van der Waals surface area contributed by atoms with E-state index in [1.165, 1.54) is 16.7 Å². The third kappa shape index (κ3) is 7.19. The van der Waals surface area contributed by atoms with E-state index in [1.807, 2.05) is 43.3 Å². The fourth-order valence-corrected chi connectivity index (χ4v) is 4.10. The zero-order valence-electron chi connectivity index (χ0n) is 20.2. The smallest absolute Gasteiger partial charge is 0.166 e. The highest BCUT2D eigenvalue weighted by atomic mass is 16.1. The predicted octanol–water partition coefficient (Wildman–Crippen LogP) is 5.84. The number of nitrogens with one attached hydrogen (secondary N) is 1. The molecule has 2 aromatic rings. The average Bonchev–Trinajstić information content (AvgIpc) is 2.83. The van der Waals surface area contributed by atoms with Crippen LogP contribution in [0.4, 0.5) is 5.69 Å². The first-order valence-corrected chi connectivity index (χ1v) is 11.8. The summed E-state index contributed by atoms with van der Waals surface area (Å²) in [5.74, 6) is 0.415. The summed E-state index contributed by atoms with van der Waals surface area (Å²) < 4.78 is 0. The Kier molecular flexibility index (Phi) is 8.67. The Bertz CT molecular complexity index is 1030. The summed E-state index contributed by atoms with van der Waals surface area (Å²) in [6, 6.07) is 16.0. The van der Waals surface area contributed by atoms with Crippen LogP contribution in [0.3, 0.4) is 0 Å².